The Bertz CT molecular complexity index is 844. The molecular formula is C18H16Cl2FN3O3. The topological polar surface area (TPSA) is 80.3 Å². The average molecular weight is 412 g/mol. The van der Waals surface area contributed by atoms with E-state index in [2.05, 4.69) is 22.2 Å². The first-order valence-corrected chi connectivity index (χ1v) is 8.56. The van der Waals surface area contributed by atoms with Crippen molar-refractivity contribution >= 4 is 35.0 Å². The van der Waals surface area contributed by atoms with Crippen LogP contribution in [0.2, 0.25) is 10.0 Å². The van der Waals surface area contributed by atoms with Gasteiger partial charge in [0.25, 0.3) is 11.8 Å². The largest absolute Gasteiger partial charge is 0.484 e. The van der Waals surface area contributed by atoms with Gasteiger partial charge in [-0.05, 0) is 24.3 Å². The summed E-state index contributed by atoms with van der Waals surface area (Å²) in [7, 11) is 0. The lowest BCUT2D eigenvalue weighted by atomic mass is 10.3. The van der Waals surface area contributed by atoms with Crippen LogP contribution in [0.1, 0.15) is 16.9 Å². The number of amides is 2. The normalized spacial score (nSPS) is 10.2. The Labute approximate surface area is 165 Å². The second kappa shape index (κ2) is 9.89. The lowest BCUT2D eigenvalue weighted by Crippen LogP contribution is -2.31. The molecule has 0 saturated carbocycles. The maximum atomic E-state index is 13.3. The van der Waals surface area contributed by atoms with Gasteiger partial charge in [-0.2, -0.15) is 0 Å². The highest BCUT2D eigenvalue weighted by Gasteiger charge is 2.09. The first kappa shape index (κ1) is 20.7. The summed E-state index contributed by atoms with van der Waals surface area (Å²) in [6.45, 7) is 3.68. The maximum absolute atomic E-state index is 13.3. The molecule has 2 N–H and O–H groups in total. The summed E-state index contributed by atoms with van der Waals surface area (Å²) < 4.78 is 18.4. The van der Waals surface area contributed by atoms with E-state index in [1.165, 1.54) is 24.4 Å². The van der Waals surface area contributed by atoms with Crippen molar-refractivity contribution in [2.75, 3.05) is 13.2 Å². The fourth-order valence-electron chi connectivity index (χ4n) is 1.92. The van der Waals surface area contributed by atoms with E-state index in [0.717, 1.165) is 6.07 Å². The van der Waals surface area contributed by atoms with E-state index in [0.29, 0.717) is 17.1 Å². The van der Waals surface area contributed by atoms with Gasteiger partial charge in [0.15, 0.2) is 6.61 Å². The first-order valence-electron chi connectivity index (χ1n) is 7.80. The molecule has 1 aromatic heterocycles. The fraction of sp³-hybridized carbons (Fsp3) is 0.167. The van der Waals surface area contributed by atoms with Gasteiger partial charge in [-0.3, -0.25) is 9.59 Å². The Morgan fingerprint density at radius 2 is 2.00 bits per heavy atom. The number of pyridine rings is 1. The van der Waals surface area contributed by atoms with Crippen LogP contribution in [-0.4, -0.2) is 29.9 Å². The monoisotopic (exact) mass is 411 g/mol. The smallest absolute Gasteiger partial charge is 0.273 e. The van der Waals surface area contributed by atoms with Crippen LogP contribution in [0, 0.1) is 5.82 Å². The SMILES string of the molecule is C=C(CCNC(=O)COc1ccc(Cl)c(F)c1)NC(=O)c1ccc(Cl)cn1. The zero-order chi connectivity index (χ0) is 19.8. The molecule has 0 aliphatic rings. The Balaban J connectivity index is 1.68. The molecule has 2 aromatic rings. The van der Waals surface area contributed by atoms with Crippen LogP contribution in [0.15, 0.2) is 48.8 Å². The molecule has 0 bridgehead atoms. The molecule has 0 spiro atoms. The zero-order valence-corrected chi connectivity index (χ0v) is 15.6. The quantitative estimate of drug-likeness (QED) is 0.697. The summed E-state index contributed by atoms with van der Waals surface area (Å²) in [6, 6.07) is 6.94. The van der Waals surface area contributed by atoms with Crippen LogP contribution in [-0.2, 0) is 4.79 Å². The molecule has 1 aromatic carbocycles. The Kier molecular flexibility index (Phi) is 7.57. The van der Waals surface area contributed by atoms with Crippen molar-refractivity contribution in [1.29, 1.82) is 0 Å². The van der Waals surface area contributed by atoms with E-state index in [9.17, 15) is 14.0 Å². The third kappa shape index (κ3) is 6.88. The number of halogens is 3. The molecule has 0 fully saturated rings. The average Bonchev–Trinajstić information content (AvgIpc) is 2.63. The van der Waals surface area contributed by atoms with Crippen molar-refractivity contribution in [2.24, 2.45) is 0 Å². The number of rotatable bonds is 8. The number of carbonyl (C=O) groups excluding carboxylic acids is 2. The molecule has 0 radical (unpaired) electrons. The van der Waals surface area contributed by atoms with Gasteiger partial charge >= 0.3 is 0 Å². The Morgan fingerprint density at radius 1 is 1.22 bits per heavy atom. The summed E-state index contributed by atoms with van der Waals surface area (Å²) in [5, 5.41) is 5.59. The Morgan fingerprint density at radius 3 is 2.67 bits per heavy atom. The molecule has 0 saturated heterocycles. The standard InChI is InChI=1S/C18H16Cl2FN3O3/c1-11(24-18(26)16-5-2-12(19)9-23-16)6-7-22-17(25)10-27-13-3-4-14(20)15(21)8-13/h2-5,8-9H,1,6-7,10H2,(H,22,25)(H,24,26). The number of ether oxygens (including phenoxy) is 1. The molecule has 142 valence electrons. The highest BCUT2D eigenvalue weighted by molar-refractivity contribution is 6.30. The summed E-state index contributed by atoms with van der Waals surface area (Å²) in [4.78, 5) is 27.6. The minimum atomic E-state index is -0.628. The predicted octanol–water partition coefficient (Wildman–Crippen LogP) is 3.36. The zero-order valence-electron chi connectivity index (χ0n) is 14.1. The molecule has 27 heavy (non-hydrogen) atoms. The molecule has 2 amide bonds. The number of aromatic nitrogens is 1. The number of benzene rings is 1. The van der Waals surface area contributed by atoms with Crippen LogP contribution < -0.4 is 15.4 Å². The third-order valence-corrected chi connectivity index (χ3v) is 3.79. The molecule has 9 heteroatoms. The minimum Gasteiger partial charge on any atom is -0.484 e. The minimum absolute atomic E-state index is 0.0267. The van der Waals surface area contributed by atoms with Gasteiger partial charge < -0.3 is 15.4 Å². The number of hydrogen-bond donors (Lipinski definition) is 2. The highest BCUT2D eigenvalue weighted by Crippen LogP contribution is 2.20. The second-order valence-corrected chi connectivity index (χ2v) is 6.23. The van der Waals surface area contributed by atoms with Gasteiger partial charge in [0.2, 0.25) is 0 Å². The van der Waals surface area contributed by atoms with E-state index < -0.39 is 17.6 Å². The van der Waals surface area contributed by atoms with Crippen LogP contribution in [0.4, 0.5) is 4.39 Å². The van der Waals surface area contributed by atoms with Gasteiger partial charge in [0.05, 0.1) is 10.0 Å². The van der Waals surface area contributed by atoms with Crippen molar-refractivity contribution < 1.29 is 18.7 Å². The first-order chi connectivity index (χ1) is 12.8. The fourth-order valence-corrected chi connectivity index (χ4v) is 2.15. The van der Waals surface area contributed by atoms with Crippen molar-refractivity contribution in [2.45, 2.75) is 6.42 Å². The molecule has 0 unspecified atom stereocenters. The molecular weight excluding hydrogens is 396 g/mol. The van der Waals surface area contributed by atoms with E-state index in [1.54, 1.807) is 6.07 Å². The van der Waals surface area contributed by atoms with Crippen LogP contribution in [0.25, 0.3) is 0 Å². The predicted molar refractivity (Wildman–Crippen MR) is 100 cm³/mol. The van der Waals surface area contributed by atoms with Gasteiger partial charge in [-0.15, -0.1) is 0 Å². The van der Waals surface area contributed by atoms with E-state index in [-0.39, 0.29) is 29.6 Å². The Hall–Kier alpha value is -2.64. The van der Waals surface area contributed by atoms with Crippen LogP contribution in [0.5, 0.6) is 5.75 Å². The van der Waals surface area contributed by atoms with E-state index in [1.807, 2.05) is 0 Å². The lowest BCUT2D eigenvalue weighted by Gasteiger charge is -2.10. The van der Waals surface area contributed by atoms with Gasteiger partial charge in [0.1, 0.15) is 17.3 Å². The van der Waals surface area contributed by atoms with Crippen molar-refractivity contribution in [3.8, 4) is 5.75 Å². The summed E-state index contributed by atoms with van der Waals surface area (Å²) in [6.07, 6.45) is 1.69. The van der Waals surface area contributed by atoms with E-state index in [4.69, 9.17) is 27.9 Å². The van der Waals surface area contributed by atoms with Crippen molar-refractivity contribution in [1.82, 2.24) is 15.6 Å². The highest BCUT2D eigenvalue weighted by atomic mass is 35.5. The summed E-state index contributed by atoms with van der Waals surface area (Å²) in [5.41, 5.74) is 0.617. The van der Waals surface area contributed by atoms with Crippen molar-refractivity contribution in [3.63, 3.8) is 0 Å². The molecule has 6 nitrogen and oxygen atoms in total. The maximum Gasteiger partial charge on any atom is 0.273 e. The second-order valence-electron chi connectivity index (χ2n) is 5.38. The molecule has 2 rings (SSSR count). The summed E-state index contributed by atoms with van der Waals surface area (Å²) >= 11 is 11.3. The van der Waals surface area contributed by atoms with E-state index >= 15 is 0 Å². The third-order valence-electron chi connectivity index (χ3n) is 3.26. The van der Waals surface area contributed by atoms with Crippen LogP contribution in [0.3, 0.4) is 0 Å². The van der Waals surface area contributed by atoms with Gasteiger partial charge in [-0.1, -0.05) is 29.8 Å². The number of nitrogens with zero attached hydrogens (tertiary/aromatic N) is 1. The molecule has 0 aliphatic carbocycles. The van der Waals surface area contributed by atoms with Crippen LogP contribution >= 0.6 is 23.2 Å². The number of hydrogen-bond acceptors (Lipinski definition) is 4. The van der Waals surface area contributed by atoms with Gasteiger partial charge in [-0.25, -0.2) is 9.37 Å². The lowest BCUT2D eigenvalue weighted by molar-refractivity contribution is -0.123. The number of nitrogens with one attached hydrogen (secondary N) is 2. The molecule has 0 atom stereocenters. The number of carbonyl (C=O) groups is 2. The van der Waals surface area contributed by atoms with Crippen molar-refractivity contribution in [3.05, 3.63) is 70.4 Å². The molecule has 1 heterocycles. The van der Waals surface area contributed by atoms with Gasteiger partial charge in [0, 0.05) is 30.9 Å². The summed E-state index contributed by atoms with van der Waals surface area (Å²) in [5.74, 6) is -1.25. The molecule has 0 aliphatic heterocycles.